The molecule has 38 heavy (non-hydrogen) atoms. The predicted octanol–water partition coefficient (Wildman–Crippen LogP) is 7.56. The van der Waals surface area contributed by atoms with Crippen LogP contribution >= 0.6 is 0 Å². The van der Waals surface area contributed by atoms with Crippen LogP contribution < -0.4 is 0 Å². The van der Waals surface area contributed by atoms with Crippen molar-refractivity contribution >= 4 is 11.8 Å². The van der Waals surface area contributed by atoms with E-state index >= 15 is 0 Å². The van der Waals surface area contributed by atoms with E-state index in [4.69, 9.17) is 19.5 Å². The fourth-order valence-corrected chi connectivity index (χ4v) is 6.87. The minimum atomic E-state index is -0.346. The molecule has 0 bridgehead atoms. The van der Waals surface area contributed by atoms with Crippen molar-refractivity contribution in [3.63, 3.8) is 0 Å². The maximum Gasteiger partial charge on any atom is 0.193 e. The van der Waals surface area contributed by atoms with Crippen LogP contribution in [0.5, 0.6) is 0 Å². The Kier molecular flexibility index (Phi) is 9.90. The maximum absolute atomic E-state index is 6.85. The molecule has 0 unspecified atom stereocenters. The maximum atomic E-state index is 6.85. The summed E-state index contributed by atoms with van der Waals surface area (Å²) in [4.78, 5) is 10.4. The van der Waals surface area contributed by atoms with Crippen LogP contribution in [0.15, 0.2) is 70.6 Å². The van der Waals surface area contributed by atoms with Crippen molar-refractivity contribution in [1.82, 2.24) is 0 Å². The average molecular weight is 561 g/mol. The fourth-order valence-electron chi connectivity index (χ4n) is 6.87. The van der Waals surface area contributed by atoms with Crippen LogP contribution in [0.2, 0.25) is 0 Å². The normalized spacial score (nSPS) is 21.8. The van der Waals surface area contributed by atoms with Crippen molar-refractivity contribution in [3.8, 4) is 0 Å². The first kappa shape index (κ1) is 30.4. The fraction of sp³-hybridized carbons (Fsp3) is 0.576. The first-order chi connectivity index (χ1) is 17.6. The standard InChI is InChI=1S/C33H46N2O2.Ni/c1-22(2)32(23(3)4)28(19-26-15-11-9-12-16-26)34-30(36-32)21-31-35-29(20-27-17-13-10-14-18-27)33(37-31,24(5)6)25(7)8;/h9-18,22-25,28-29H,19-21H2,1-8H3;/t28-,29-;/m1./s1. The molecule has 2 aliphatic rings. The van der Waals surface area contributed by atoms with Crippen LogP contribution in [0.4, 0.5) is 0 Å². The Morgan fingerprint density at radius 3 is 1.18 bits per heavy atom. The van der Waals surface area contributed by atoms with Crippen LogP contribution in [-0.4, -0.2) is 35.1 Å². The van der Waals surface area contributed by atoms with Gasteiger partial charge in [-0.3, -0.25) is 0 Å². The van der Waals surface area contributed by atoms with Gasteiger partial charge in [0.1, 0.15) is 11.2 Å². The van der Waals surface area contributed by atoms with Gasteiger partial charge in [0, 0.05) is 16.5 Å². The molecule has 0 amide bonds. The topological polar surface area (TPSA) is 43.2 Å². The van der Waals surface area contributed by atoms with Crippen LogP contribution in [0.25, 0.3) is 0 Å². The number of rotatable bonds is 10. The molecule has 0 fully saturated rings. The van der Waals surface area contributed by atoms with Gasteiger partial charge in [0.15, 0.2) is 11.8 Å². The quantitative estimate of drug-likeness (QED) is 0.281. The number of hydrogen-bond donors (Lipinski definition) is 0. The van der Waals surface area contributed by atoms with Gasteiger partial charge in [-0.2, -0.15) is 0 Å². The van der Waals surface area contributed by atoms with Crippen molar-refractivity contribution in [2.24, 2.45) is 33.7 Å². The number of ether oxygens (including phenoxy) is 2. The van der Waals surface area contributed by atoms with Crippen molar-refractivity contribution in [3.05, 3.63) is 71.8 Å². The zero-order valence-corrected chi connectivity index (χ0v) is 25.4. The molecule has 0 saturated heterocycles. The van der Waals surface area contributed by atoms with Crippen LogP contribution in [0.1, 0.15) is 72.9 Å². The van der Waals surface area contributed by atoms with E-state index in [1.165, 1.54) is 11.1 Å². The molecule has 0 N–H and O–H groups in total. The molecule has 0 radical (unpaired) electrons. The summed E-state index contributed by atoms with van der Waals surface area (Å²) in [5.41, 5.74) is 1.90. The Bertz CT molecular complexity index is 989. The Balaban J connectivity index is 0.00000400. The molecule has 0 spiro atoms. The van der Waals surface area contributed by atoms with Crippen molar-refractivity contribution in [1.29, 1.82) is 0 Å². The molecule has 2 aliphatic heterocycles. The van der Waals surface area contributed by atoms with E-state index in [0.29, 0.717) is 30.1 Å². The third-order valence-electron chi connectivity index (χ3n) is 8.69. The van der Waals surface area contributed by atoms with Gasteiger partial charge in [0.25, 0.3) is 0 Å². The van der Waals surface area contributed by atoms with Gasteiger partial charge in [0.05, 0.1) is 18.5 Å². The number of aliphatic imine (C=N–C) groups is 2. The third kappa shape index (κ3) is 5.74. The summed E-state index contributed by atoms with van der Waals surface area (Å²) in [6.45, 7) is 18.1. The SMILES string of the molecule is CC(C)C1(C(C)C)OC(CC2=N[C@H](Cc3ccccc3)C(C(C)C)(C(C)C)O2)=N[C@@H]1Cc1ccccc1.[Ni]. The molecule has 2 heterocycles. The molecular formula is C33H46N2NiO2. The molecule has 2 aromatic rings. The Morgan fingerprint density at radius 2 is 0.895 bits per heavy atom. The second kappa shape index (κ2) is 12.4. The van der Waals surface area contributed by atoms with Gasteiger partial charge < -0.3 is 9.47 Å². The Labute approximate surface area is 240 Å². The molecule has 4 nitrogen and oxygen atoms in total. The number of nitrogens with zero attached hydrogens (tertiary/aromatic N) is 2. The Hall–Kier alpha value is -2.13. The van der Waals surface area contributed by atoms with E-state index in [1.807, 2.05) is 0 Å². The molecule has 5 heteroatoms. The molecule has 2 atom stereocenters. The van der Waals surface area contributed by atoms with Crippen molar-refractivity contribution in [2.75, 3.05) is 0 Å². The van der Waals surface area contributed by atoms with Crippen molar-refractivity contribution < 1.29 is 26.0 Å². The zero-order chi connectivity index (χ0) is 26.8. The summed E-state index contributed by atoms with van der Waals surface area (Å²) >= 11 is 0. The van der Waals surface area contributed by atoms with Gasteiger partial charge in [-0.1, -0.05) is 116 Å². The predicted molar refractivity (Wildman–Crippen MR) is 154 cm³/mol. The van der Waals surface area contributed by atoms with Gasteiger partial charge in [0.2, 0.25) is 0 Å². The molecule has 0 saturated carbocycles. The Morgan fingerprint density at radius 1 is 0.579 bits per heavy atom. The van der Waals surface area contributed by atoms with Crippen LogP contribution in [0.3, 0.4) is 0 Å². The van der Waals surface area contributed by atoms with E-state index in [0.717, 1.165) is 24.6 Å². The summed E-state index contributed by atoms with van der Waals surface area (Å²) < 4.78 is 13.7. The third-order valence-corrected chi connectivity index (χ3v) is 8.69. The summed E-state index contributed by atoms with van der Waals surface area (Å²) in [5, 5.41) is 0. The second-order valence-corrected chi connectivity index (χ2v) is 12.2. The van der Waals surface area contributed by atoms with E-state index in [2.05, 4.69) is 116 Å². The summed E-state index contributed by atoms with van der Waals surface area (Å²) in [6.07, 6.45) is 2.25. The van der Waals surface area contributed by atoms with Gasteiger partial charge in [-0.25, -0.2) is 9.98 Å². The average Bonchev–Trinajstić information content (AvgIpc) is 3.40. The summed E-state index contributed by atoms with van der Waals surface area (Å²) in [5.74, 6) is 2.83. The number of hydrogen-bond acceptors (Lipinski definition) is 4. The molecule has 4 rings (SSSR count). The molecule has 2 aromatic carbocycles. The van der Waals surface area contributed by atoms with Gasteiger partial charge in [-0.15, -0.1) is 0 Å². The molecule has 210 valence electrons. The summed E-state index contributed by atoms with van der Waals surface area (Å²) in [7, 11) is 0. The minimum absolute atomic E-state index is 0. The van der Waals surface area contributed by atoms with Gasteiger partial charge >= 0.3 is 0 Å². The van der Waals surface area contributed by atoms with Crippen LogP contribution in [-0.2, 0) is 38.8 Å². The number of benzene rings is 2. The summed E-state index contributed by atoms with van der Waals surface area (Å²) in [6, 6.07) is 21.4. The van der Waals surface area contributed by atoms with Crippen LogP contribution in [0, 0.1) is 23.7 Å². The largest absolute Gasteiger partial charge is 0.471 e. The van der Waals surface area contributed by atoms with E-state index < -0.39 is 0 Å². The second-order valence-electron chi connectivity index (χ2n) is 12.2. The van der Waals surface area contributed by atoms with E-state index in [1.54, 1.807) is 0 Å². The van der Waals surface area contributed by atoms with E-state index in [9.17, 15) is 0 Å². The first-order valence-electron chi connectivity index (χ1n) is 14.2. The van der Waals surface area contributed by atoms with Crippen molar-refractivity contribution in [2.45, 2.75) is 97.9 Å². The molecular weight excluding hydrogens is 515 g/mol. The van der Waals surface area contributed by atoms with Gasteiger partial charge in [-0.05, 0) is 47.6 Å². The molecule has 0 aliphatic carbocycles. The minimum Gasteiger partial charge on any atom is -0.471 e. The smallest absolute Gasteiger partial charge is 0.193 e. The first-order valence-corrected chi connectivity index (χ1v) is 14.2. The zero-order valence-electron chi connectivity index (χ0n) is 24.4. The monoisotopic (exact) mass is 560 g/mol. The van der Waals surface area contributed by atoms with E-state index in [-0.39, 0.29) is 39.8 Å². The molecule has 0 aromatic heterocycles.